The zero-order valence-corrected chi connectivity index (χ0v) is 19.5. The SMILES string of the molecule is COc1ccc(Br)cc1[C@H]1OCCn2c(-c3ccccc3)c3c(=O)n(C)c(=O)n(C)c3c21. The minimum atomic E-state index is -0.506. The summed E-state index contributed by atoms with van der Waals surface area (Å²) >= 11 is 3.54. The molecule has 0 saturated carbocycles. The fourth-order valence-electron chi connectivity index (χ4n) is 4.62. The quantitative estimate of drug-likeness (QED) is 0.435. The molecule has 3 heterocycles. The predicted octanol–water partition coefficient (Wildman–Crippen LogP) is 3.60. The molecule has 0 fully saturated rings. The van der Waals surface area contributed by atoms with E-state index in [-0.39, 0.29) is 11.2 Å². The molecule has 0 bridgehead atoms. The topological polar surface area (TPSA) is 67.4 Å². The number of hydrogen-bond acceptors (Lipinski definition) is 4. The normalized spacial score (nSPS) is 15.7. The van der Waals surface area contributed by atoms with Crippen molar-refractivity contribution in [2.24, 2.45) is 14.1 Å². The molecule has 1 aliphatic rings. The van der Waals surface area contributed by atoms with Crippen molar-refractivity contribution in [3.05, 3.63) is 85.1 Å². The van der Waals surface area contributed by atoms with Crippen molar-refractivity contribution in [1.82, 2.24) is 13.7 Å². The van der Waals surface area contributed by atoms with Crippen molar-refractivity contribution < 1.29 is 9.47 Å². The molecule has 1 atom stereocenters. The molecule has 8 heteroatoms. The number of halogens is 1. The summed E-state index contributed by atoms with van der Waals surface area (Å²) in [6, 6.07) is 15.5. The van der Waals surface area contributed by atoms with E-state index in [9.17, 15) is 9.59 Å². The van der Waals surface area contributed by atoms with Crippen molar-refractivity contribution in [2.45, 2.75) is 12.6 Å². The van der Waals surface area contributed by atoms with Gasteiger partial charge in [-0.3, -0.25) is 13.9 Å². The van der Waals surface area contributed by atoms with Crippen LogP contribution in [0.2, 0.25) is 0 Å². The Hall–Kier alpha value is -3.10. The van der Waals surface area contributed by atoms with Crippen LogP contribution in [0.4, 0.5) is 0 Å². The summed E-state index contributed by atoms with van der Waals surface area (Å²) in [6.07, 6.45) is -0.506. The first kappa shape index (κ1) is 20.8. The fourth-order valence-corrected chi connectivity index (χ4v) is 5.00. The number of fused-ring (bicyclic) bond motifs is 3. The molecule has 4 aromatic rings. The van der Waals surface area contributed by atoms with Gasteiger partial charge in [0.1, 0.15) is 11.9 Å². The van der Waals surface area contributed by atoms with Gasteiger partial charge >= 0.3 is 5.69 Å². The van der Waals surface area contributed by atoms with Gasteiger partial charge in [0.2, 0.25) is 0 Å². The van der Waals surface area contributed by atoms with E-state index in [0.717, 1.165) is 31.6 Å². The van der Waals surface area contributed by atoms with Gasteiger partial charge in [0.15, 0.2) is 0 Å². The van der Waals surface area contributed by atoms with Crippen LogP contribution in [-0.2, 0) is 25.4 Å². The Bertz CT molecular complexity index is 1470. The molecule has 0 spiro atoms. The fraction of sp³-hybridized carbons (Fsp3) is 0.250. The number of methoxy groups -OCH3 is 1. The minimum Gasteiger partial charge on any atom is -0.496 e. The molecular weight excluding hydrogens is 474 g/mol. The van der Waals surface area contributed by atoms with Gasteiger partial charge in [-0.05, 0) is 23.8 Å². The molecule has 1 aliphatic heterocycles. The van der Waals surface area contributed by atoms with Crippen molar-refractivity contribution in [3.63, 3.8) is 0 Å². The van der Waals surface area contributed by atoms with Gasteiger partial charge in [0.05, 0.1) is 36.0 Å². The van der Waals surface area contributed by atoms with E-state index in [4.69, 9.17) is 9.47 Å². The average molecular weight is 496 g/mol. The van der Waals surface area contributed by atoms with Crippen LogP contribution >= 0.6 is 15.9 Å². The van der Waals surface area contributed by atoms with Gasteiger partial charge in [-0.1, -0.05) is 46.3 Å². The van der Waals surface area contributed by atoms with E-state index >= 15 is 0 Å². The standard InChI is InChI=1S/C24H22BrN3O4/c1-26-20-18(23(29)27(2)24(26)30)19(14-7-5-4-6-8-14)28-11-12-32-22(21(20)28)16-13-15(25)9-10-17(16)31-3/h4-10,13,22H,11-12H2,1-3H3/t22-/m1/s1. The van der Waals surface area contributed by atoms with E-state index in [1.165, 1.54) is 7.05 Å². The zero-order chi connectivity index (χ0) is 22.6. The first-order valence-electron chi connectivity index (χ1n) is 10.3. The lowest BCUT2D eigenvalue weighted by atomic mass is 10.0. The summed E-state index contributed by atoms with van der Waals surface area (Å²) in [5.41, 5.74) is 3.22. The summed E-state index contributed by atoms with van der Waals surface area (Å²) < 4.78 is 17.6. The number of hydrogen-bond donors (Lipinski definition) is 0. The van der Waals surface area contributed by atoms with E-state index in [1.54, 1.807) is 18.7 Å². The molecule has 2 aromatic heterocycles. The number of nitrogens with zero attached hydrogens (tertiary/aromatic N) is 3. The van der Waals surface area contributed by atoms with E-state index in [0.29, 0.717) is 29.8 Å². The van der Waals surface area contributed by atoms with Crippen LogP contribution in [0, 0.1) is 0 Å². The van der Waals surface area contributed by atoms with Gasteiger partial charge in [-0.2, -0.15) is 0 Å². The highest BCUT2D eigenvalue weighted by atomic mass is 79.9. The third kappa shape index (κ3) is 2.97. The van der Waals surface area contributed by atoms with E-state index in [2.05, 4.69) is 20.5 Å². The predicted molar refractivity (Wildman–Crippen MR) is 126 cm³/mol. The zero-order valence-electron chi connectivity index (χ0n) is 18.0. The summed E-state index contributed by atoms with van der Waals surface area (Å²) in [5, 5.41) is 0.514. The van der Waals surface area contributed by atoms with Gasteiger partial charge in [-0.25, -0.2) is 4.79 Å². The molecule has 5 rings (SSSR count). The highest BCUT2D eigenvalue weighted by Gasteiger charge is 2.34. The molecule has 32 heavy (non-hydrogen) atoms. The molecule has 0 radical (unpaired) electrons. The molecule has 0 aliphatic carbocycles. The molecule has 0 unspecified atom stereocenters. The number of rotatable bonds is 3. The highest BCUT2D eigenvalue weighted by Crippen LogP contribution is 2.43. The van der Waals surface area contributed by atoms with E-state index < -0.39 is 6.10 Å². The monoisotopic (exact) mass is 495 g/mol. The summed E-state index contributed by atoms with van der Waals surface area (Å²) in [6.45, 7) is 1.03. The lowest BCUT2D eigenvalue weighted by Crippen LogP contribution is -2.37. The first-order chi connectivity index (χ1) is 15.4. The Morgan fingerprint density at radius 1 is 1.06 bits per heavy atom. The molecule has 2 aromatic carbocycles. The smallest absolute Gasteiger partial charge is 0.331 e. The van der Waals surface area contributed by atoms with Crippen LogP contribution in [-0.4, -0.2) is 27.4 Å². The summed E-state index contributed by atoms with van der Waals surface area (Å²) in [5.74, 6) is 0.677. The van der Waals surface area contributed by atoms with Gasteiger partial charge in [-0.15, -0.1) is 0 Å². The van der Waals surface area contributed by atoms with Crippen LogP contribution in [0.25, 0.3) is 22.2 Å². The molecular formula is C24H22BrN3O4. The second-order valence-corrected chi connectivity index (χ2v) is 8.73. The average Bonchev–Trinajstić information content (AvgIpc) is 3.17. The lowest BCUT2D eigenvalue weighted by molar-refractivity contribution is 0.0463. The van der Waals surface area contributed by atoms with Crippen molar-refractivity contribution >= 4 is 26.8 Å². The molecule has 7 nitrogen and oxygen atoms in total. The third-order valence-electron chi connectivity index (χ3n) is 6.07. The van der Waals surface area contributed by atoms with Crippen LogP contribution in [0.15, 0.2) is 62.6 Å². The van der Waals surface area contributed by atoms with Crippen LogP contribution in [0.5, 0.6) is 5.75 Å². The minimum absolute atomic E-state index is 0.316. The molecule has 164 valence electrons. The Morgan fingerprint density at radius 2 is 1.81 bits per heavy atom. The van der Waals surface area contributed by atoms with Gasteiger partial charge in [0, 0.05) is 30.7 Å². The Labute approximate surface area is 192 Å². The Balaban J connectivity index is 1.96. The second-order valence-electron chi connectivity index (χ2n) is 7.82. The maximum absolute atomic E-state index is 13.4. The maximum Gasteiger partial charge on any atom is 0.331 e. The molecule has 0 N–H and O–H groups in total. The van der Waals surface area contributed by atoms with E-state index in [1.807, 2.05) is 48.5 Å². The summed E-state index contributed by atoms with van der Waals surface area (Å²) in [7, 11) is 4.83. The Kier molecular flexibility index (Phi) is 5.06. The van der Waals surface area contributed by atoms with Crippen LogP contribution in [0.3, 0.4) is 0 Å². The molecule has 0 amide bonds. The summed E-state index contributed by atoms with van der Waals surface area (Å²) in [4.78, 5) is 26.3. The number of benzene rings is 2. The van der Waals surface area contributed by atoms with Gasteiger partial charge in [0.25, 0.3) is 5.56 Å². The van der Waals surface area contributed by atoms with Crippen LogP contribution < -0.4 is 16.0 Å². The first-order valence-corrected chi connectivity index (χ1v) is 11.1. The van der Waals surface area contributed by atoms with Gasteiger partial charge < -0.3 is 14.0 Å². The number of ether oxygens (including phenoxy) is 2. The maximum atomic E-state index is 13.4. The lowest BCUT2D eigenvalue weighted by Gasteiger charge is -2.28. The number of aryl methyl sites for hydroxylation is 1. The second kappa shape index (κ2) is 7.79. The largest absolute Gasteiger partial charge is 0.496 e. The van der Waals surface area contributed by atoms with Crippen molar-refractivity contribution in [1.29, 1.82) is 0 Å². The number of aromatic nitrogens is 3. The van der Waals surface area contributed by atoms with Crippen LogP contribution in [0.1, 0.15) is 17.4 Å². The Morgan fingerprint density at radius 3 is 2.53 bits per heavy atom. The third-order valence-corrected chi connectivity index (χ3v) is 6.57. The highest BCUT2D eigenvalue weighted by molar-refractivity contribution is 9.10. The molecule has 0 saturated heterocycles. The van der Waals surface area contributed by atoms with Crippen molar-refractivity contribution in [3.8, 4) is 17.0 Å². The van der Waals surface area contributed by atoms with Crippen molar-refractivity contribution in [2.75, 3.05) is 13.7 Å².